The lowest BCUT2D eigenvalue weighted by Gasteiger charge is -2.27. The minimum atomic E-state index is -5.06. The highest BCUT2D eigenvalue weighted by Crippen LogP contribution is 2.44. The van der Waals surface area contributed by atoms with Crippen LogP contribution in [0.15, 0.2) is 11.6 Å². The van der Waals surface area contributed by atoms with Gasteiger partial charge in [0.15, 0.2) is 0 Å². The smallest absolute Gasteiger partial charge is 0.346 e. The van der Waals surface area contributed by atoms with E-state index in [9.17, 15) is 22.6 Å². The number of carbonyl (C=O) groups excluding carboxylic acids is 2. The minimum absolute atomic E-state index is 0.0876. The molecule has 1 saturated heterocycles. The van der Waals surface area contributed by atoms with Crippen molar-refractivity contribution >= 4 is 22.3 Å². The molecule has 2 N–H and O–H groups in total. The van der Waals surface area contributed by atoms with Crippen molar-refractivity contribution in [3.05, 3.63) is 11.6 Å². The van der Waals surface area contributed by atoms with E-state index in [1.165, 1.54) is 0 Å². The molecule has 3 aliphatic rings. The molecule has 0 aromatic rings. The van der Waals surface area contributed by atoms with Gasteiger partial charge in [0.1, 0.15) is 12.1 Å². The van der Waals surface area contributed by atoms with Crippen molar-refractivity contribution < 1.29 is 26.8 Å². The first-order valence-electron chi connectivity index (χ1n) is 6.04. The number of primary amides is 1. The fourth-order valence-corrected chi connectivity index (χ4v) is 3.06. The lowest BCUT2D eigenvalue weighted by molar-refractivity contribution is -0.120. The Morgan fingerprint density at radius 2 is 2.10 bits per heavy atom. The van der Waals surface area contributed by atoms with Crippen LogP contribution in [0.3, 0.4) is 0 Å². The highest BCUT2D eigenvalue weighted by atomic mass is 32.3. The zero-order valence-electron chi connectivity index (χ0n) is 10.3. The summed E-state index contributed by atoms with van der Waals surface area (Å²) in [6.07, 6.45) is 3.35. The van der Waals surface area contributed by atoms with E-state index < -0.39 is 34.4 Å². The Morgan fingerprint density at radius 3 is 2.60 bits per heavy atom. The van der Waals surface area contributed by atoms with Gasteiger partial charge < -0.3 is 15.2 Å². The van der Waals surface area contributed by atoms with E-state index >= 15 is 0 Å². The summed E-state index contributed by atoms with van der Waals surface area (Å²) >= 11 is 0. The van der Waals surface area contributed by atoms with Crippen LogP contribution in [-0.4, -0.2) is 53.5 Å². The fourth-order valence-electron chi connectivity index (χ4n) is 2.70. The molecular formula is C10H12N3O6S-. The third kappa shape index (κ3) is 2.15. The van der Waals surface area contributed by atoms with E-state index in [0.29, 0.717) is 5.06 Å². The molecule has 2 aliphatic heterocycles. The first-order chi connectivity index (χ1) is 9.28. The second-order valence-electron chi connectivity index (χ2n) is 5.05. The molecule has 2 atom stereocenters. The van der Waals surface area contributed by atoms with E-state index in [0.717, 1.165) is 23.3 Å². The molecule has 110 valence electrons. The maximum absolute atomic E-state index is 12.1. The van der Waals surface area contributed by atoms with Crippen LogP contribution in [0.1, 0.15) is 12.8 Å². The highest BCUT2D eigenvalue weighted by molar-refractivity contribution is 7.80. The molecule has 3 rings (SSSR count). The first kappa shape index (κ1) is 13.3. The van der Waals surface area contributed by atoms with Crippen LogP contribution < -0.4 is 5.73 Å². The maximum Gasteiger partial charge on any atom is 0.346 e. The lowest BCUT2D eigenvalue weighted by Crippen LogP contribution is -2.46. The van der Waals surface area contributed by atoms with Gasteiger partial charge in [0, 0.05) is 0 Å². The topological polar surface area (TPSA) is 133 Å². The number of carbonyl (C=O) groups is 2. The summed E-state index contributed by atoms with van der Waals surface area (Å²) in [5.41, 5.74) is 5.99. The molecule has 3 amide bonds. The first-order valence-corrected chi connectivity index (χ1v) is 7.37. The maximum atomic E-state index is 12.1. The van der Waals surface area contributed by atoms with Crippen LogP contribution in [-0.2, 0) is 19.5 Å². The Bertz CT molecular complexity index is 610. The standard InChI is InChI=1S/C10H13N3O6S/c11-9(14)7-3-6(5-1-2-5)8-4-12(7)10(15)13(8)19-20(16,17)18/h3,5,7-8H,1-2,4H2,(H2,11,14)(H,16,17,18)/p-1/t7-,8-/m0/s1. The molecule has 0 unspecified atom stereocenters. The molecule has 0 aromatic heterocycles. The summed E-state index contributed by atoms with van der Waals surface area (Å²) in [7, 11) is -5.06. The normalized spacial score (nSPS) is 29.6. The van der Waals surface area contributed by atoms with Gasteiger partial charge in [0.25, 0.3) is 0 Å². The van der Waals surface area contributed by atoms with Crippen LogP contribution in [0.5, 0.6) is 0 Å². The number of amides is 3. The molecule has 0 aromatic carbocycles. The number of hydroxylamine groups is 2. The summed E-state index contributed by atoms with van der Waals surface area (Å²) in [6.45, 7) is 0.0876. The molecule has 2 bridgehead atoms. The number of nitrogens with zero attached hydrogens (tertiary/aromatic N) is 2. The number of hydrogen-bond donors (Lipinski definition) is 1. The summed E-state index contributed by atoms with van der Waals surface area (Å²) in [4.78, 5) is 24.6. The molecule has 10 heteroatoms. The fraction of sp³-hybridized carbons (Fsp3) is 0.600. The van der Waals surface area contributed by atoms with Crippen LogP contribution >= 0.6 is 0 Å². The van der Waals surface area contributed by atoms with Crippen LogP contribution in [0.4, 0.5) is 4.79 Å². The SMILES string of the molecule is NC(=O)[C@@H]1C=C(C2CC2)[C@@H]2CN1C(=O)N2OS(=O)(=O)[O-]. The number of rotatable bonds is 4. The van der Waals surface area contributed by atoms with Crippen molar-refractivity contribution in [1.82, 2.24) is 9.96 Å². The third-order valence-electron chi connectivity index (χ3n) is 3.67. The van der Waals surface area contributed by atoms with E-state index in [1.54, 1.807) is 6.08 Å². The van der Waals surface area contributed by atoms with Crippen LogP contribution in [0.25, 0.3) is 0 Å². The van der Waals surface area contributed by atoms with Gasteiger partial charge in [-0.1, -0.05) is 6.08 Å². The molecular weight excluding hydrogens is 290 g/mol. The summed E-state index contributed by atoms with van der Waals surface area (Å²) < 4.78 is 36.4. The number of hydrogen-bond acceptors (Lipinski definition) is 6. The number of urea groups is 1. The average molecular weight is 302 g/mol. The van der Waals surface area contributed by atoms with Gasteiger partial charge in [-0.2, -0.15) is 9.35 Å². The van der Waals surface area contributed by atoms with Crippen molar-refractivity contribution in [3.63, 3.8) is 0 Å². The summed E-state index contributed by atoms with van der Waals surface area (Å²) in [5.74, 6) is -0.530. The second kappa shape index (κ2) is 4.17. The largest absolute Gasteiger partial charge is 0.724 e. The van der Waals surface area contributed by atoms with Gasteiger partial charge in [-0.05, 0) is 24.3 Å². The van der Waals surface area contributed by atoms with Crippen molar-refractivity contribution in [2.24, 2.45) is 11.7 Å². The minimum Gasteiger partial charge on any atom is -0.724 e. The average Bonchev–Trinajstić information content (AvgIpc) is 3.13. The molecule has 9 nitrogen and oxygen atoms in total. The zero-order chi connectivity index (χ0) is 14.7. The Kier molecular flexibility index (Phi) is 2.78. The molecule has 20 heavy (non-hydrogen) atoms. The van der Waals surface area contributed by atoms with Crippen molar-refractivity contribution in [2.75, 3.05) is 6.54 Å². The van der Waals surface area contributed by atoms with Gasteiger partial charge in [0.05, 0.1) is 6.54 Å². The third-order valence-corrected chi connectivity index (χ3v) is 4.01. The Hall–Kier alpha value is -1.65. The predicted molar refractivity (Wildman–Crippen MR) is 62.3 cm³/mol. The zero-order valence-corrected chi connectivity index (χ0v) is 11.1. The molecule has 0 radical (unpaired) electrons. The van der Waals surface area contributed by atoms with Crippen LogP contribution in [0, 0.1) is 5.92 Å². The number of fused-ring (bicyclic) bond motifs is 2. The Labute approximate surface area is 114 Å². The van der Waals surface area contributed by atoms with Crippen molar-refractivity contribution in [2.45, 2.75) is 24.9 Å². The van der Waals surface area contributed by atoms with Crippen LogP contribution in [0.2, 0.25) is 0 Å². The van der Waals surface area contributed by atoms with Crippen molar-refractivity contribution in [3.8, 4) is 0 Å². The monoisotopic (exact) mass is 302 g/mol. The van der Waals surface area contributed by atoms with E-state index in [2.05, 4.69) is 4.28 Å². The van der Waals surface area contributed by atoms with Gasteiger partial charge in [0.2, 0.25) is 16.3 Å². The van der Waals surface area contributed by atoms with Gasteiger partial charge in [-0.3, -0.25) is 4.79 Å². The van der Waals surface area contributed by atoms with Gasteiger partial charge >= 0.3 is 6.03 Å². The lowest BCUT2D eigenvalue weighted by atomic mass is 9.96. The second-order valence-corrected chi connectivity index (χ2v) is 6.01. The van der Waals surface area contributed by atoms with E-state index in [-0.39, 0.29) is 12.5 Å². The van der Waals surface area contributed by atoms with Gasteiger partial charge in [-0.25, -0.2) is 13.2 Å². The quantitative estimate of drug-likeness (QED) is 0.389. The van der Waals surface area contributed by atoms with E-state index in [1.807, 2.05) is 0 Å². The van der Waals surface area contributed by atoms with E-state index in [4.69, 9.17) is 5.73 Å². The Morgan fingerprint density at radius 1 is 1.45 bits per heavy atom. The molecule has 2 fully saturated rings. The summed E-state index contributed by atoms with van der Waals surface area (Å²) in [5, 5.41) is 0.537. The number of nitrogens with two attached hydrogens (primary N) is 1. The highest BCUT2D eigenvalue weighted by Gasteiger charge is 2.51. The molecule has 1 saturated carbocycles. The van der Waals surface area contributed by atoms with Crippen molar-refractivity contribution in [1.29, 1.82) is 0 Å². The Balaban J connectivity index is 1.97. The van der Waals surface area contributed by atoms with Gasteiger partial charge in [-0.15, -0.1) is 0 Å². The molecule has 2 heterocycles. The predicted octanol–water partition coefficient (Wildman–Crippen LogP) is -1.31. The molecule has 0 spiro atoms. The summed E-state index contributed by atoms with van der Waals surface area (Å²) in [6, 6.07) is -2.43. The molecule has 1 aliphatic carbocycles.